The second-order valence-electron chi connectivity index (χ2n) is 8.01. The number of nitrogens with one attached hydrogen (secondary N) is 1. The molecule has 27 heavy (non-hydrogen) atoms. The first-order valence-corrected chi connectivity index (χ1v) is 10.1. The van der Waals surface area contributed by atoms with Gasteiger partial charge in [-0.05, 0) is 55.8 Å². The highest BCUT2D eigenvalue weighted by Gasteiger charge is 2.34. The van der Waals surface area contributed by atoms with Crippen molar-refractivity contribution in [1.29, 1.82) is 0 Å². The Morgan fingerprint density at radius 2 is 1.89 bits per heavy atom. The minimum absolute atomic E-state index is 0. The van der Waals surface area contributed by atoms with Gasteiger partial charge in [0.15, 0.2) is 5.96 Å². The first kappa shape index (κ1) is 20.7. The molecule has 6 heteroatoms. The molecule has 2 aliphatic heterocycles. The Morgan fingerprint density at radius 3 is 2.56 bits per heavy atom. The standard InChI is InChI=1S/C21H32N4O.HI/c1-22-21(23-13-16-9-11-24(14-16)19-5-6-19)25-12-10-18(15-25)17-3-7-20(26-2)8-4-17;/h3-4,7-8,16,18-19H,5-6,9-15H2,1-2H3,(H,22,23);1H. The van der Waals surface area contributed by atoms with E-state index < -0.39 is 0 Å². The van der Waals surface area contributed by atoms with Crippen LogP contribution in [0.15, 0.2) is 29.3 Å². The minimum Gasteiger partial charge on any atom is -0.497 e. The van der Waals surface area contributed by atoms with Gasteiger partial charge in [-0.3, -0.25) is 4.99 Å². The van der Waals surface area contributed by atoms with Crippen LogP contribution < -0.4 is 10.1 Å². The number of aliphatic imine (C=N–C) groups is 1. The molecule has 5 nitrogen and oxygen atoms in total. The lowest BCUT2D eigenvalue weighted by atomic mass is 9.98. The van der Waals surface area contributed by atoms with Crippen molar-refractivity contribution < 1.29 is 4.74 Å². The molecule has 0 bridgehead atoms. The van der Waals surface area contributed by atoms with Gasteiger partial charge in [-0.1, -0.05) is 12.1 Å². The Kier molecular flexibility index (Phi) is 7.25. The Hall–Kier alpha value is -1.02. The number of nitrogens with zero attached hydrogens (tertiary/aromatic N) is 3. The number of methoxy groups -OCH3 is 1. The predicted molar refractivity (Wildman–Crippen MR) is 121 cm³/mol. The molecule has 0 spiro atoms. The Morgan fingerprint density at radius 1 is 1.11 bits per heavy atom. The van der Waals surface area contributed by atoms with Crippen molar-refractivity contribution in [2.24, 2.45) is 10.9 Å². The number of ether oxygens (including phenoxy) is 1. The summed E-state index contributed by atoms with van der Waals surface area (Å²) in [6.07, 6.45) is 5.35. The number of rotatable bonds is 5. The molecule has 0 amide bonds. The Labute approximate surface area is 180 Å². The third-order valence-electron chi connectivity index (χ3n) is 6.22. The summed E-state index contributed by atoms with van der Waals surface area (Å²) in [6, 6.07) is 9.44. The molecule has 4 rings (SSSR count). The molecule has 3 aliphatic rings. The normalized spacial score (nSPS) is 26.1. The van der Waals surface area contributed by atoms with Gasteiger partial charge in [0.1, 0.15) is 5.75 Å². The lowest BCUT2D eigenvalue weighted by Crippen LogP contribution is -2.42. The van der Waals surface area contributed by atoms with E-state index in [-0.39, 0.29) is 24.0 Å². The number of likely N-dealkylation sites (tertiary alicyclic amines) is 2. The summed E-state index contributed by atoms with van der Waals surface area (Å²) in [6.45, 7) is 5.74. The van der Waals surface area contributed by atoms with Gasteiger partial charge in [0.25, 0.3) is 0 Å². The van der Waals surface area contributed by atoms with Crippen LogP contribution in [0.1, 0.15) is 37.2 Å². The maximum Gasteiger partial charge on any atom is 0.193 e. The molecule has 1 aliphatic carbocycles. The van der Waals surface area contributed by atoms with Gasteiger partial charge in [-0.2, -0.15) is 0 Å². The van der Waals surface area contributed by atoms with Crippen LogP contribution in [0.2, 0.25) is 0 Å². The molecule has 1 N–H and O–H groups in total. The number of hydrogen-bond donors (Lipinski definition) is 1. The summed E-state index contributed by atoms with van der Waals surface area (Å²) >= 11 is 0. The molecule has 1 aromatic rings. The lowest BCUT2D eigenvalue weighted by molar-refractivity contribution is 0.313. The van der Waals surface area contributed by atoms with Gasteiger partial charge >= 0.3 is 0 Å². The van der Waals surface area contributed by atoms with Crippen LogP contribution in [0.4, 0.5) is 0 Å². The largest absolute Gasteiger partial charge is 0.497 e. The third-order valence-corrected chi connectivity index (χ3v) is 6.22. The number of benzene rings is 1. The topological polar surface area (TPSA) is 40.1 Å². The smallest absolute Gasteiger partial charge is 0.193 e. The molecular formula is C21H33IN4O. The van der Waals surface area contributed by atoms with E-state index in [9.17, 15) is 0 Å². The van der Waals surface area contributed by atoms with Crippen LogP contribution in [0, 0.1) is 5.92 Å². The summed E-state index contributed by atoms with van der Waals surface area (Å²) in [7, 11) is 3.63. The molecule has 2 heterocycles. The minimum atomic E-state index is 0. The van der Waals surface area contributed by atoms with Crippen LogP contribution in [0.5, 0.6) is 5.75 Å². The zero-order valence-corrected chi connectivity index (χ0v) is 18.9. The maximum atomic E-state index is 5.27. The van der Waals surface area contributed by atoms with Crippen LogP contribution in [-0.2, 0) is 0 Å². The summed E-state index contributed by atoms with van der Waals surface area (Å²) in [5, 5.41) is 3.65. The molecule has 0 radical (unpaired) electrons. The lowest BCUT2D eigenvalue weighted by Gasteiger charge is -2.23. The third kappa shape index (κ3) is 5.08. The van der Waals surface area contributed by atoms with Crippen LogP contribution in [0.25, 0.3) is 0 Å². The summed E-state index contributed by atoms with van der Waals surface area (Å²) < 4.78 is 5.27. The summed E-state index contributed by atoms with van der Waals surface area (Å²) in [5.74, 6) is 3.35. The van der Waals surface area contributed by atoms with E-state index in [1.54, 1.807) is 7.11 Å². The molecule has 1 aromatic carbocycles. The summed E-state index contributed by atoms with van der Waals surface area (Å²) in [4.78, 5) is 9.66. The molecule has 2 saturated heterocycles. The van der Waals surface area contributed by atoms with Crippen molar-refractivity contribution in [1.82, 2.24) is 15.1 Å². The van der Waals surface area contributed by atoms with E-state index in [1.807, 2.05) is 7.05 Å². The SMILES string of the molecule is CN=C(NCC1CCN(C2CC2)C1)N1CCC(c2ccc(OC)cc2)C1.I. The second-order valence-corrected chi connectivity index (χ2v) is 8.01. The molecule has 2 atom stereocenters. The van der Waals surface area contributed by atoms with Crippen molar-refractivity contribution in [3.05, 3.63) is 29.8 Å². The molecule has 150 valence electrons. The first-order chi connectivity index (χ1) is 12.8. The highest BCUT2D eigenvalue weighted by molar-refractivity contribution is 14.0. The summed E-state index contributed by atoms with van der Waals surface area (Å²) in [5.41, 5.74) is 1.40. The molecule has 2 unspecified atom stereocenters. The Bertz CT molecular complexity index is 632. The monoisotopic (exact) mass is 484 g/mol. The Balaban J connectivity index is 0.00000210. The van der Waals surface area contributed by atoms with Crippen molar-refractivity contribution in [3.8, 4) is 5.75 Å². The van der Waals surface area contributed by atoms with Gasteiger partial charge in [0, 0.05) is 45.2 Å². The maximum absolute atomic E-state index is 5.27. The van der Waals surface area contributed by atoms with Gasteiger partial charge in [0.2, 0.25) is 0 Å². The van der Waals surface area contributed by atoms with Crippen LogP contribution in [0.3, 0.4) is 0 Å². The number of halogens is 1. The van der Waals surface area contributed by atoms with Crippen molar-refractivity contribution >= 4 is 29.9 Å². The highest BCUT2D eigenvalue weighted by Crippen LogP contribution is 2.32. The number of hydrogen-bond acceptors (Lipinski definition) is 3. The molecule has 3 fully saturated rings. The average molecular weight is 484 g/mol. The van der Waals surface area contributed by atoms with E-state index in [1.165, 1.54) is 44.3 Å². The van der Waals surface area contributed by atoms with E-state index in [0.717, 1.165) is 43.3 Å². The predicted octanol–water partition coefficient (Wildman–Crippen LogP) is 3.16. The first-order valence-electron chi connectivity index (χ1n) is 10.1. The number of guanidine groups is 1. The van der Waals surface area contributed by atoms with Gasteiger partial charge in [0.05, 0.1) is 7.11 Å². The van der Waals surface area contributed by atoms with E-state index in [2.05, 4.69) is 44.4 Å². The fourth-order valence-corrected chi connectivity index (χ4v) is 4.47. The van der Waals surface area contributed by atoms with Gasteiger partial charge in [-0.25, -0.2) is 0 Å². The quantitative estimate of drug-likeness (QED) is 0.396. The average Bonchev–Trinajstić information content (AvgIpc) is 3.23. The van der Waals surface area contributed by atoms with Crippen molar-refractivity contribution in [2.45, 2.75) is 37.6 Å². The van der Waals surface area contributed by atoms with E-state index in [0.29, 0.717) is 5.92 Å². The van der Waals surface area contributed by atoms with E-state index in [4.69, 9.17) is 4.74 Å². The van der Waals surface area contributed by atoms with Crippen LogP contribution >= 0.6 is 24.0 Å². The van der Waals surface area contributed by atoms with Crippen LogP contribution in [-0.4, -0.2) is 68.7 Å². The van der Waals surface area contributed by atoms with Crippen molar-refractivity contribution in [2.75, 3.05) is 46.9 Å². The molecular weight excluding hydrogens is 451 g/mol. The fraction of sp³-hybridized carbons (Fsp3) is 0.667. The van der Waals surface area contributed by atoms with E-state index >= 15 is 0 Å². The second kappa shape index (κ2) is 9.45. The zero-order valence-electron chi connectivity index (χ0n) is 16.6. The van der Waals surface area contributed by atoms with Gasteiger partial charge in [-0.15, -0.1) is 24.0 Å². The van der Waals surface area contributed by atoms with Crippen molar-refractivity contribution in [3.63, 3.8) is 0 Å². The fourth-order valence-electron chi connectivity index (χ4n) is 4.47. The zero-order chi connectivity index (χ0) is 17.9. The molecule has 0 aromatic heterocycles. The molecule has 1 saturated carbocycles. The highest BCUT2D eigenvalue weighted by atomic mass is 127. The van der Waals surface area contributed by atoms with Gasteiger partial charge < -0.3 is 19.9 Å².